The van der Waals surface area contributed by atoms with E-state index in [-0.39, 0.29) is 19.0 Å². The SMILES string of the molecule is Cc1nn(-c2ccccc2)c(C)c1CC(=O)OCc1cc2ccccc2o1. The van der Waals surface area contributed by atoms with Gasteiger partial charge in [-0.1, -0.05) is 36.4 Å². The van der Waals surface area contributed by atoms with E-state index in [1.807, 2.05) is 79.2 Å². The van der Waals surface area contributed by atoms with Crippen LogP contribution in [-0.4, -0.2) is 15.7 Å². The highest BCUT2D eigenvalue weighted by Crippen LogP contribution is 2.21. The molecule has 0 aliphatic carbocycles. The standard InChI is InChI=1S/C22H20N2O3/c1-15-20(16(2)24(23-15)18-9-4-3-5-10-18)13-22(25)26-14-19-12-17-8-6-7-11-21(17)27-19/h3-12H,13-14H2,1-2H3. The molecule has 0 amide bonds. The number of fused-ring (bicyclic) bond motifs is 1. The van der Waals surface area contributed by atoms with Crippen molar-refractivity contribution in [3.05, 3.63) is 83.4 Å². The molecule has 2 heterocycles. The Morgan fingerprint density at radius 1 is 1.07 bits per heavy atom. The minimum Gasteiger partial charge on any atom is -0.457 e. The van der Waals surface area contributed by atoms with Crippen LogP contribution in [0.25, 0.3) is 16.7 Å². The van der Waals surface area contributed by atoms with Crippen molar-refractivity contribution in [2.75, 3.05) is 0 Å². The second-order valence-corrected chi connectivity index (χ2v) is 6.48. The van der Waals surface area contributed by atoms with Crippen LogP contribution in [0.5, 0.6) is 0 Å². The second kappa shape index (κ2) is 7.11. The molecule has 4 aromatic rings. The Morgan fingerprint density at radius 3 is 2.59 bits per heavy atom. The maximum atomic E-state index is 12.4. The van der Waals surface area contributed by atoms with Gasteiger partial charge in [0.15, 0.2) is 0 Å². The quantitative estimate of drug-likeness (QED) is 0.491. The first-order valence-corrected chi connectivity index (χ1v) is 8.85. The van der Waals surface area contributed by atoms with Crippen LogP contribution in [0.15, 0.2) is 65.1 Å². The highest BCUT2D eigenvalue weighted by atomic mass is 16.5. The molecule has 0 N–H and O–H groups in total. The number of ether oxygens (including phenoxy) is 1. The topological polar surface area (TPSA) is 57.3 Å². The van der Waals surface area contributed by atoms with Crippen molar-refractivity contribution in [2.45, 2.75) is 26.9 Å². The number of aromatic nitrogens is 2. The predicted molar refractivity (Wildman–Crippen MR) is 103 cm³/mol. The van der Waals surface area contributed by atoms with Gasteiger partial charge in [-0.2, -0.15) is 5.10 Å². The Kier molecular flexibility index (Phi) is 4.50. The van der Waals surface area contributed by atoms with E-state index in [1.54, 1.807) is 0 Å². The Labute approximate surface area is 157 Å². The molecule has 0 unspecified atom stereocenters. The number of benzene rings is 2. The van der Waals surface area contributed by atoms with Crippen molar-refractivity contribution in [3.8, 4) is 5.69 Å². The molecule has 5 heteroatoms. The molecule has 2 aromatic carbocycles. The Hall–Kier alpha value is -3.34. The first-order valence-electron chi connectivity index (χ1n) is 8.85. The number of hydrogen-bond acceptors (Lipinski definition) is 4. The highest BCUT2D eigenvalue weighted by molar-refractivity contribution is 5.78. The zero-order valence-electron chi connectivity index (χ0n) is 15.3. The van der Waals surface area contributed by atoms with Crippen LogP contribution in [0.2, 0.25) is 0 Å². The Bertz CT molecular complexity index is 1060. The van der Waals surface area contributed by atoms with Gasteiger partial charge in [-0.25, -0.2) is 4.68 Å². The van der Waals surface area contributed by atoms with Gasteiger partial charge in [0.2, 0.25) is 0 Å². The number of nitrogens with zero attached hydrogens (tertiary/aromatic N) is 2. The van der Waals surface area contributed by atoms with Gasteiger partial charge in [0.1, 0.15) is 18.0 Å². The fourth-order valence-corrected chi connectivity index (χ4v) is 3.21. The van der Waals surface area contributed by atoms with Gasteiger partial charge in [0.25, 0.3) is 0 Å². The number of esters is 1. The van der Waals surface area contributed by atoms with E-state index in [9.17, 15) is 4.79 Å². The Balaban J connectivity index is 1.46. The monoisotopic (exact) mass is 360 g/mol. The molecular formula is C22H20N2O3. The minimum absolute atomic E-state index is 0.123. The van der Waals surface area contributed by atoms with Gasteiger partial charge < -0.3 is 9.15 Å². The van der Waals surface area contributed by atoms with E-state index in [4.69, 9.17) is 9.15 Å². The first-order chi connectivity index (χ1) is 13.1. The average Bonchev–Trinajstić information content (AvgIpc) is 3.23. The van der Waals surface area contributed by atoms with Crippen LogP contribution in [-0.2, 0) is 22.6 Å². The number of carbonyl (C=O) groups excluding carboxylic acids is 1. The molecule has 0 saturated heterocycles. The summed E-state index contributed by atoms with van der Waals surface area (Å²) in [6.07, 6.45) is 0.185. The summed E-state index contributed by atoms with van der Waals surface area (Å²) >= 11 is 0. The van der Waals surface area contributed by atoms with E-state index in [2.05, 4.69) is 5.10 Å². The summed E-state index contributed by atoms with van der Waals surface area (Å²) in [6, 6.07) is 19.5. The molecule has 0 bridgehead atoms. The normalized spacial score (nSPS) is 11.0. The van der Waals surface area contributed by atoms with Gasteiger partial charge in [0, 0.05) is 16.6 Å². The molecule has 0 radical (unpaired) electrons. The molecule has 0 atom stereocenters. The molecule has 4 rings (SSSR count). The fraction of sp³-hybridized carbons (Fsp3) is 0.182. The number of aryl methyl sites for hydroxylation is 1. The highest BCUT2D eigenvalue weighted by Gasteiger charge is 2.17. The van der Waals surface area contributed by atoms with E-state index in [1.165, 1.54) is 0 Å². The van der Waals surface area contributed by atoms with Crippen LogP contribution in [0.4, 0.5) is 0 Å². The smallest absolute Gasteiger partial charge is 0.310 e. The molecule has 0 saturated carbocycles. The largest absolute Gasteiger partial charge is 0.457 e. The second-order valence-electron chi connectivity index (χ2n) is 6.48. The van der Waals surface area contributed by atoms with Crippen molar-refractivity contribution in [2.24, 2.45) is 0 Å². The summed E-state index contributed by atoms with van der Waals surface area (Å²) in [7, 11) is 0. The van der Waals surface area contributed by atoms with Crippen molar-refractivity contribution >= 4 is 16.9 Å². The third-order valence-corrected chi connectivity index (χ3v) is 4.62. The summed E-state index contributed by atoms with van der Waals surface area (Å²) in [5.74, 6) is 0.340. The zero-order valence-corrected chi connectivity index (χ0v) is 15.3. The number of hydrogen-bond donors (Lipinski definition) is 0. The molecule has 5 nitrogen and oxygen atoms in total. The van der Waals surface area contributed by atoms with Crippen molar-refractivity contribution < 1.29 is 13.9 Å². The third-order valence-electron chi connectivity index (χ3n) is 4.62. The predicted octanol–water partition coefficient (Wildman–Crippen LogP) is 4.52. The lowest BCUT2D eigenvalue weighted by Crippen LogP contribution is -2.09. The van der Waals surface area contributed by atoms with Crippen LogP contribution in [0.3, 0.4) is 0 Å². The molecule has 2 aromatic heterocycles. The third kappa shape index (κ3) is 3.49. The van der Waals surface area contributed by atoms with E-state index in [0.717, 1.165) is 33.6 Å². The molecule has 0 spiro atoms. The van der Waals surface area contributed by atoms with Crippen molar-refractivity contribution in [1.29, 1.82) is 0 Å². The van der Waals surface area contributed by atoms with Crippen LogP contribution in [0, 0.1) is 13.8 Å². The summed E-state index contributed by atoms with van der Waals surface area (Å²) < 4.78 is 13.0. The number of carbonyl (C=O) groups is 1. The van der Waals surface area contributed by atoms with E-state index >= 15 is 0 Å². The molecule has 0 fully saturated rings. The van der Waals surface area contributed by atoms with E-state index in [0.29, 0.717) is 5.76 Å². The molecular weight excluding hydrogens is 340 g/mol. The van der Waals surface area contributed by atoms with Crippen LogP contribution < -0.4 is 0 Å². The van der Waals surface area contributed by atoms with Gasteiger partial charge in [-0.15, -0.1) is 0 Å². The average molecular weight is 360 g/mol. The summed E-state index contributed by atoms with van der Waals surface area (Å²) in [5.41, 5.74) is 4.43. The summed E-state index contributed by atoms with van der Waals surface area (Å²) in [4.78, 5) is 12.4. The molecule has 0 aliphatic rings. The molecule has 27 heavy (non-hydrogen) atoms. The van der Waals surface area contributed by atoms with Crippen molar-refractivity contribution in [3.63, 3.8) is 0 Å². The zero-order chi connectivity index (χ0) is 18.8. The number of rotatable bonds is 5. The minimum atomic E-state index is -0.297. The first kappa shape index (κ1) is 17.1. The van der Waals surface area contributed by atoms with Gasteiger partial charge in [-0.3, -0.25) is 4.79 Å². The summed E-state index contributed by atoms with van der Waals surface area (Å²) in [5, 5.41) is 5.57. The van der Waals surface area contributed by atoms with Crippen LogP contribution >= 0.6 is 0 Å². The lowest BCUT2D eigenvalue weighted by molar-refractivity contribution is -0.144. The maximum absolute atomic E-state index is 12.4. The number of para-hydroxylation sites is 2. The van der Waals surface area contributed by atoms with E-state index < -0.39 is 0 Å². The van der Waals surface area contributed by atoms with Crippen molar-refractivity contribution in [1.82, 2.24) is 9.78 Å². The van der Waals surface area contributed by atoms with Gasteiger partial charge in [-0.05, 0) is 38.1 Å². The van der Waals surface area contributed by atoms with Gasteiger partial charge in [0.05, 0.1) is 17.8 Å². The molecule has 0 aliphatic heterocycles. The fourth-order valence-electron chi connectivity index (χ4n) is 3.21. The van der Waals surface area contributed by atoms with Gasteiger partial charge >= 0.3 is 5.97 Å². The summed E-state index contributed by atoms with van der Waals surface area (Å²) in [6.45, 7) is 4.00. The molecule has 136 valence electrons. The lowest BCUT2D eigenvalue weighted by atomic mass is 10.1. The number of furan rings is 1. The lowest BCUT2D eigenvalue weighted by Gasteiger charge is -2.06. The maximum Gasteiger partial charge on any atom is 0.310 e. The Morgan fingerprint density at radius 2 is 1.81 bits per heavy atom. The van der Waals surface area contributed by atoms with Crippen LogP contribution in [0.1, 0.15) is 22.7 Å².